The maximum absolute atomic E-state index is 12.7. The highest BCUT2D eigenvalue weighted by atomic mass is 79.9. The van der Waals surface area contributed by atoms with Crippen molar-refractivity contribution in [2.75, 3.05) is 31.1 Å². The molecule has 3 heterocycles. The second-order valence-electron chi connectivity index (χ2n) is 11.5. The van der Waals surface area contributed by atoms with Gasteiger partial charge < -0.3 is 29.2 Å². The van der Waals surface area contributed by atoms with E-state index >= 15 is 0 Å². The first-order chi connectivity index (χ1) is 16.7. The van der Waals surface area contributed by atoms with Crippen LogP contribution in [0.15, 0.2) is 21.1 Å². The molecule has 1 aromatic heterocycles. The number of hydrogen-bond acceptors (Lipinski definition) is 6. The van der Waals surface area contributed by atoms with Gasteiger partial charge in [0.1, 0.15) is 11.2 Å². The fourth-order valence-corrected chi connectivity index (χ4v) is 5.30. The molecule has 2 amide bonds. The van der Waals surface area contributed by atoms with E-state index in [1.165, 1.54) is 0 Å². The molecule has 0 spiro atoms. The van der Waals surface area contributed by atoms with Gasteiger partial charge in [-0.25, -0.2) is 14.6 Å². The number of fused-ring (bicyclic) bond motifs is 1. The van der Waals surface area contributed by atoms with Crippen LogP contribution in [0.4, 0.5) is 15.5 Å². The summed E-state index contributed by atoms with van der Waals surface area (Å²) in [5, 5.41) is 3.00. The Morgan fingerprint density at radius 3 is 2.31 bits per heavy atom. The number of ether oxygens (including phenoxy) is 2. The first kappa shape index (κ1) is 27.0. The maximum Gasteiger partial charge on any atom is 0.410 e. The van der Waals surface area contributed by atoms with E-state index in [0.717, 1.165) is 45.3 Å². The summed E-state index contributed by atoms with van der Waals surface area (Å²) in [5.41, 5.74) is 0.795. The summed E-state index contributed by atoms with van der Waals surface area (Å²) in [4.78, 5) is 34.0. The molecule has 2 aliphatic rings. The fourth-order valence-electron chi connectivity index (χ4n) is 4.64. The number of nitrogens with one attached hydrogen (secondary N) is 1. The highest BCUT2D eigenvalue weighted by molar-refractivity contribution is 9.13. The third kappa shape index (κ3) is 6.27. The zero-order chi connectivity index (χ0) is 26.4. The van der Waals surface area contributed by atoms with E-state index in [9.17, 15) is 9.59 Å². The topological polar surface area (TPSA) is 88.9 Å². The molecule has 36 heavy (non-hydrogen) atoms. The molecule has 2 saturated heterocycles. The SMILES string of the molecule is CC(C)(C)OC(=O)N[C@@H]1CCN(c2nc3cc(Br)c(Br)cc3n2C2CCN(C(=O)OC(C)(C)C)C2)C1. The third-order valence-corrected chi connectivity index (χ3v) is 7.93. The summed E-state index contributed by atoms with van der Waals surface area (Å²) in [7, 11) is 0. The van der Waals surface area contributed by atoms with E-state index in [1.807, 2.05) is 47.6 Å². The summed E-state index contributed by atoms with van der Waals surface area (Å²) >= 11 is 7.23. The van der Waals surface area contributed by atoms with Gasteiger partial charge in [-0.3, -0.25) is 0 Å². The van der Waals surface area contributed by atoms with Crippen molar-refractivity contribution in [2.24, 2.45) is 0 Å². The third-order valence-electron chi connectivity index (χ3n) is 6.09. The Hall–Kier alpha value is -2.01. The highest BCUT2D eigenvalue weighted by Gasteiger charge is 2.35. The largest absolute Gasteiger partial charge is 0.444 e. The minimum absolute atomic E-state index is 0.0339. The van der Waals surface area contributed by atoms with Crippen LogP contribution in [0, 0.1) is 0 Å². The summed E-state index contributed by atoms with van der Waals surface area (Å²) in [5.74, 6) is 0.847. The summed E-state index contributed by atoms with van der Waals surface area (Å²) < 4.78 is 15.2. The molecule has 2 atom stereocenters. The molecule has 1 N–H and O–H groups in total. The predicted octanol–water partition coefficient (Wildman–Crippen LogP) is 5.85. The van der Waals surface area contributed by atoms with Crippen molar-refractivity contribution in [1.29, 1.82) is 0 Å². The Morgan fingerprint density at radius 1 is 0.972 bits per heavy atom. The van der Waals surface area contributed by atoms with Crippen molar-refractivity contribution >= 4 is 61.0 Å². The first-order valence-corrected chi connectivity index (χ1v) is 13.9. The number of carbonyl (C=O) groups is 2. The molecule has 0 radical (unpaired) electrons. The normalized spacial score (nSPS) is 20.8. The van der Waals surface area contributed by atoms with Gasteiger partial charge in [-0.15, -0.1) is 0 Å². The van der Waals surface area contributed by atoms with Crippen molar-refractivity contribution < 1.29 is 19.1 Å². The number of alkyl carbamates (subject to hydrolysis) is 1. The van der Waals surface area contributed by atoms with Crippen LogP contribution < -0.4 is 10.2 Å². The molecule has 198 valence electrons. The number of anilines is 1. The Bertz CT molecular complexity index is 1150. The van der Waals surface area contributed by atoms with Gasteiger partial charge in [0.15, 0.2) is 0 Å². The molecular weight excluding hydrogens is 594 g/mol. The Balaban J connectivity index is 1.58. The predicted molar refractivity (Wildman–Crippen MR) is 147 cm³/mol. The van der Waals surface area contributed by atoms with Crippen LogP contribution in [0.2, 0.25) is 0 Å². The van der Waals surface area contributed by atoms with Gasteiger partial charge in [-0.1, -0.05) is 0 Å². The van der Waals surface area contributed by atoms with Gasteiger partial charge >= 0.3 is 12.2 Å². The van der Waals surface area contributed by atoms with E-state index in [1.54, 1.807) is 4.90 Å². The molecule has 4 rings (SSSR count). The van der Waals surface area contributed by atoms with Gasteiger partial charge in [0.05, 0.1) is 23.1 Å². The summed E-state index contributed by atoms with van der Waals surface area (Å²) in [6, 6.07) is 4.10. The molecule has 9 nitrogen and oxygen atoms in total. The number of carbonyl (C=O) groups excluding carboxylic acids is 2. The lowest BCUT2D eigenvalue weighted by Crippen LogP contribution is -2.40. The number of amides is 2. The zero-order valence-corrected chi connectivity index (χ0v) is 24.9. The van der Waals surface area contributed by atoms with Crippen LogP contribution in [-0.2, 0) is 9.47 Å². The van der Waals surface area contributed by atoms with Crippen molar-refractivity contribution in [3.63, 3.8) is 0 Å². The molecule has 1 unspecified atom stereocenters. The molecule has 2 fully saturated rings. The quantitative estimate of drug-likeness (QED) is 0.459. The summed E-state index contributed by atoms with van der Waals surface area (Å²) in [6.07, 6.45) is 0.908. The van der Waals surface area contributed by atoms with E-state index in [-0.39, 0.29) is 18.2 Å². The molecular formula is C25H35Br2N5O4. The average molecular weight is 629 g/mol. The smallest absolute Gasteiger partial charge is 0.410 e. The van der Waals surface area contributed by atoms with Crippen LogP contribution >= 0.6 is 31.9 Å². The number of halogens is 2. The minimum Gasteiger partial charge on any atom is -0.444 e. The molecule has 2 aliphatic heterocycles. The van der Waals surface area contributed by atoms with Gasteiger partial charge in [0, 0.05) is 35.1 Å². The van der Waals surface area contributed by atoms with Gasteiger partial charge in [0.2, 0.25) is 5.95 Å². The second-order valence-corrected chi connectivity index (χ2v) is 13.2. The van der Waals surface area contributed by atoms with Crippen LogP contribution in [0.25, 0.3) is 11.0 Å². The van der Waals surface area contributed by atoms with Crippen molar-refractivity contribution in [2.45, 2.75) is 77.7 Å². The maximum atomic E-state index is 12.7. The molecule has 1 aromatic carbocycles. The van der Waals surface area contributed by atoms with Gasteiger partial charge in [-0.05, 0) is 98.4 Å². The lowest BCUT2D eigenvalue weighted by atomic mass is 10.2. The van der Waals surface area contributed by atoms with Crippen LogP contribution in [0.3, 0.4) is 0 Å². The number of aromatic nitrogens is 2. The Labute approximate surface area is 229 Å². The molecule has 0 bridgehead atoms. The zero-order valence-electron chi connectivity index (χ0n) is 21.7. The average Bonchev–Trinajstić information content (AvgIpc) is 3.43. The second kappa shape index (κ2) is 10.0. The number of imidazole rings is 1. The van der Waals surface area contributed by atoms with E-state index in [2.05, 4.69) is 52.7 Å². The summed E-state index contributed by atoms with van der Waals surface area (Å²) in [6.45, 7) is 13.8. The lowest BCUT2D eigenvalue weighted by molar-refractivity contribution is 0.0288. The Morgan fingerprint density at radius 2 is 1.64 bits per heavy atom. The number of likely N-dealkylation sites (tertiary alicyclic amines) is 1. The lowest BCUT2D eigenvalue weighted by Gasteiger charge is -2.26. The monoisotopic (exact) mass is 627 g/mol. The highest BCUT2D eigenvalue weighted by Crippen LogP contribution is 2.37. The van der Waals surface area contributed by atoms with Crippen molar-refractivity contribution in [3.8, 4) is 0 Å². The number of rotatable bonds is 3. The molecule has 2 aromatic rings. The number of benzene rings is 1. The molecule has 0 saturated carbocycles. The minimum atomic E-state index is -0.542. The van der Waals surface area contributed by atoms with Gasteiger partial charge in [-0.2, -0.15) is 0 Å². The van der Waals surface area contributed by atoms with Gasteiger partial charge in [0.25, 0.3) is 0 Å². The van der Waals surface area contributed by atoms with Crippen LogP contribution in [0.1, 0.15) is 60.4 Å². The molecule has 0 aliphatic carbocycles. The van der Waals surface area contributed by atoms with Crippen molar-refractivity contribution in [3.05, 3.63) is 21.1 Å². The first-order valence-electron chi connectivity index (χ1n) is 12.3. The Kier molecular flexibility index (Phi) is 7.54. The van der Waals surface area contributed by atoms with E-state index in [0.29, 0.717) is 19.6 Å². The van der Waals surface area contributed by atoms with Crippen molar-refractivity contribution in [1.82, 2.24) is 19.8 Å². The number of nitrogens with zero attached hydrogens (tertiary/aromatic N) is 4. The number of hydrogen-bond donors (Lipinski definition) is 1. The molecule has 11 heteroatoms. The van der Waals surface area contributed by atoms with Crippen LogP contribution in [0.5, 0.6) is 0 Å². The standard InChI is InChI=1S/C25H35Br2N5O4/c1-24(2,3)35-22(33)28-15-7-9-30(13-15)21-29-19-11-17(26)18(27)12-20(19)32(21)16-8-10-31(14-16)23(34)36-25(4,5)6/h11-12,15-16H,7-10,13-14H2,1-6H3,(H,28,33)/t15-,16?/m1/s1. The fraction of sp³-hybridized carbons (Fsp3) is 0.640. The van der Waals surface area contributed by atoms with E-state index < -0.39 is 17.3 Å². The van der Waals surface area contributed by atoms with E-state index in [4.69, 9.17) is 14.5 Å². The van der Waals surface area contributed by atoms with Crippen LogP contribution in [-0.4, -0.2) is 70.1 Å².